The minimum Gasteiger partial charge on any atom is -0.483 e. The van der Waals surface area contributed by atoms with Gasteiger partial charge in [-0.15, -0.1) is 0 Å². The van der Waals surface area contributed by atoms with Gasteiger partial charge in [0.25, 0.3) is 17.7 Å². The van der Waals surface area contributed by atoms with Gasteiger partial charge < -0.3 is 19.5 Å². The monoisotopic (exact) mass is 500 g/mol. The van der Waals surface area contributed by atoms with Gasteiger partial charge in [-0.2, -0.15) is 0 Å². The highest BCUT2D eigenvalue weighted by atomic mass is 16.5. The molecule has 0 radical (unpaired) electrons. The Morgan fingerprint density at radius 2 is 1.81 bits per heavy atom. The maximum Gasteiger partial charge on any atom is 0.262 e. The van der Waals surface area contributed by atoms with Gasteiger partial charge >= 0.3 is 0 Å². The highest BCUT2D eigenvalue weighted by Crippen LogP contribution is 2.31. The van der Waals surface area contributed by atoms with Crippen LogP contribution >= 0.6 is 0 Å². The molecule has 8 nitrogen and oxygen atoms in total. The molecule has 1 N–H and O–H groups in total. The van der Waals surface area contributed by atoms with E-state index in [1.54, 1.807) is 42.5 Å². The summed E-state index contributed by atoms with van der Waals surface area (Å²) >= 11 is 0. The summed E-state index contributed by atoms with van der Waals surface area (Å²) in [7, 11) is 0. The van der Waals surface area contributed by atoms with Crippen molar-refractivity contribution in [2.24, 2.45) is 0 Å². The zero-order valence-corrected chi connectivity index (χ0v) is 20.8. The molecular formula is C29H28N2O6. The Hall–Kier alpha value is -4.17. The minimum absolute atomic E-state index is 0.109. The molecule has 0 aromatic heterocycles. The van der Waals surface area contributed by atoms with Gasteiger partial charge in [-0.05, 0) is 68.7 Å². The molecule has 1 unspecified atom stereocenters. The zero-order valence-electron chi connectivity index (χ0n) is 20.8. The number of fused-ring (bicyclic) bond motifs is 1. The van der Waals surface area contributed by atoms with Crippen molar-refractivity contribution in [1.82, 2.24) is 4.90 Å². The molecule has 1 fully saturated rings. The molecule has 1 saturated heterocycles. The van der Waals surface area contributed by atoms with E-state index < -0.39 is 0 Å². The van der Waals surface area contributed by atoms with Crippen LogP contribution in [0.1, 0.15) is 44.7 Å². The summed E-state index contributed by atoms with van der Waals surface area (Å²) in [6.45, 7) is 4.73. The normalized spacial score (nSPS) is 16.6. The van der Waals surface area contributed by atoms with Crippen LogP contribution < -0.4 is 14.8 Å². The van der Waals surface area contributed by atoms with Crippen LogP contribution in [0.3, 0.4) is 0 Å². The summed E-state index contributed by atoms with van der Waals surface area (Å²) in [6, 6.07) is 17.5. The Morgan fingerprint density at radius 3 is 2.59 bits per heavy atom. The minimum atomic E-state index is -0.342. The second-order valence-corrected chi connectivity index (χ2v) is 9.30. The van der Waals surface area contributed by atoms with Crippen molar-refractivity contribution >= 4 is 23.4 Å². The van der Waals surface area contributed by atoms with Crippen molar-refractivity contribution < 1.29 is 28.6 Å². The predicted molar refractivity (Wildman–Crippen MR) is 137 cm³/mol. The maximum absolute atomic E-state index is 12.9. The van der Waals surface area contributed by atoms with Crippen molar-refractivity contribution in [3.05, 3.63) is 82.9 Å². The van der Waals surface area contributed by atoms with E-state index >= 15 is 0 Å². The summed E-state index contributed by atoms with van der Waals surface area (Å²) in [6.07, 6.45) is 1.67. The number of aryl methyl sites for hydroxylation is 2. The average molecular weight is 501 g/mol. The Labute approximate surface area is 215 Å². The van der Waals surface area contributed by atoms with E-state index in [-0.39, 0.29) is 37.0 Å². The van der Waals surface area contributed by atoms with Crippen molar-refractivity contribution in [3.8, 4) is 17.2 Å². The number of imide groups is 1. The van der Waals surface area contributed by atoms with E-state index in [9.17, 15) is 14.4 Å². The summed E-state index contributed by atoms with van der Waals surface area (Å²) in [4.78, 5) is 39.3. The van der Waals surface area contributed by atoms with Gasteiger partial charge in [0, 0.05) is 18.4 Å². The van der Waals surface area contributed by atoms with Crippen molar-refractivity contribution in [2.45, 2.75) is 32.8 Å². The summed E-state index contributed by atoms with van der Waals surface area (Å²) in [5, 5.41) is 2.80. The number of hydrogen-bond donors (Lipinski definition) is 1. The molecule has 2 aliphatic rings. The molecule has 3 aromatic rings. The number of carbonyl (C=O) groups is 3. The van der Waals surface area contributed by atoms with E-state index in [1.807, 2.05) is 32.0 Å². The topological polar surface area (TPSA) is 94.2 Å². The number of hydrogen-bond acceptors (Lipinski definition) is 6. The first-order chi connectivity index (χ1) is 17.9. The second kappa shape index (κ2) is 10.4. The molecule has 8 heteroatoms. The molecule has 2 aliphatic heterocycles. The SMILES string of the molecule is Cc1ccc(OCC(=O)Nc2cccc(Oc3ccc4c(c3)C(=O)N(CC3CCCO3)C4=O)c2)c(C)c1. The molecular weight excluding hydrogens is 472 g/mol. The van der Waals surface area contributed by atoms with Gasteiger partial charge in [-0.3, -0.25) is 19.3 Å². The van der Waals surface area contributed by atoms with Crippen LogP contribution in [0.15, 0.2) is 60.7 Å². The predicted octanol–water partition coefficient (Wildman–Crippen LogP) is 4.89. The number of benzene rings is 3. The average Bonchev–Trinajstić information content (AvgIpc) is 3.47. The second-order valence-electron chi connectivity index (χ2n) is 9.30. The Bertz CT molecular complexity index is 1360. The van der Waals surface area contributed by atoms with Gasteiger partial charge in [0.1, 0.15) is 17.2 Å². The highest BCUT2D eigenvalue weighted by molar-refractivity contribution is 6.21. The fraction of sp³-hybridized carbons (Fsp3) is 0.276. The number of nitrogens with one attached hydrogen (secondary N) is 1. The first-order valence-electron chi connectivity index (χ1n) is 12.3. The summed E-state index contributed by atoms with van der Waals surface area (Å²) in [5.41, 5.74) is 3.31. The lowest BCUT2D eigenvalue weighted by atomic mass is 10.1. The van der Waals surface area contributed by atoms with Gasteiger partial charge in [0.15, 0.2) is 6.61 Å². The number of nitrogens with zero attached hydrogens (tertiary/aromatic N) is 1. The molecule has 0 spiro atoms. The first-order valence-corrected chi connectivity index (χ1v) is 12.3. The third kappa shape index (κ3) is 5.49. The van der Waals surface area contributed by atoms with E-state index in [0.29, 0.717) is 40.7 Å². The quantitative estimate of drug-likeness (QED) is 0.443. The number of anilines is 1. The van der Waals surface area contributed by atoms with E-state index in [2.05, 4.69) is 5.32 Å². The Kier molecular flexibility index (Phi) is 6.92. The molecule has 5 rings (SSSR count). The fourth-order valence-electron chi connectivity index (χ4n) is 4.57. The number of ether oxygens (including phenoxy) is 3. The van der Waals surface area contributed by atoms with Crippen LogP contribution in [0.2, 0.25) is 0 Å². The van der Waals surface area contributed by atoms with E-state index in [1.165, 1.54) is 4.90 Å². The van der Waals surface area contributed by atoms with Crippen molar-refractivity contribution in [1.29, 1.82) is 0 Å². The van der Waals surface area contributed by atoms with Crippen LogP contribution in [0.25, 0.3) is 0 Å². The standard InChI is InChI=1S/C29H28N2O6/c1-18-8-11-26(19(2)13-18)36-17-27(32)30-20-5-3-6-21(14-20)37-22-9-10-24-25(15-22)29(34)31(28(24)33)16-23-7-4-12-35-23/h3,5-6,8-11,13-15,23H,4,7,12,16-17H2,1-2H3,(H,30,32). The zero-order chi connectivity index (χ0) is 25.9. The number of rotatable bonds is 8. The third-order valence-electron chi connectivity index (χ3n) is 6.40. The maximum atomic E-state index is 12.9. The van der Waals surface area contributed by atoms with Gasteiger partial charge in [-0.1, -0.05) is 23.8 Å². The van der Waals surface area contributed by atoms with Crippen LogP contribution in [0.5, 0.6) is 17.2 Å². The lowest BCUT2D eigenvalue weighted by Gasteiger charge is -2.17. The smallest absolute Gasteiger partial charge is 0.262 e. The largest absolute Gasteiger partial charge is 0.483 e. The molecule has 0 saturated carbocycles. The van der Waals surface area contributed by atoms with Gasteiger partial charge in [0.05, 0.1) is 23.8 Å². The lowest BCUT2D eigenvalue weighted by Crippen LogP contribution is -2.36. The molecule has 190 valence electrons. The lowest BCUT2D eigenvalue weighted by molar-refractivity contribution is -0.118. The van der Waals surface area contributed by atoms with E-state index in [4.69, 9.17) is 14.2 Å². The number of carbonyl (C=O) groups excluding carboxylic acids is 3. The first kappa shape index (κ1) is 24.5. The highest BCUT2D eigenvalue weighted by Gasteiger charge is 2.37. The van der Waals surface area contributed by atoms with Crippen molar-refractivity contribution in [2.75, 3.05) is 25.1 Å². The van der Waals surface area contributed by atoms with Crippen LogP contribution in [0, 0.1) is 13.8 Å². The molecule has 3 amide bonds. The molecule has 1 atom stereocenters. The van der Waals surface area contributed by atoms with Gasteiger partial charge in [-0.25, -0.2) is 0 Å². The van der Waals surface area contributed by atoms with Crippen molar-refractivity contribution in [3.63, 3.8) is 0 Å². The summed E-state index contributed by atoms with van der Waals surface area (Å²) < 4.78 is 17.2. The van der Waals surface area contributed by atoms with Crippen LogP contribution in [-0.2, 0) is 9.53 Å². The Morgan fingerprint density at radius 1 is 1.00 bits per heavy atom. The van der Waals surface area contributed by atoms with Gasteiger partial charge in [0.2, 0.25) is 0 Å². The van der Waals surface area contributed by atoms with E-state index in [0.717, 1.165) is 24.0 Å². The van der Waals surface area contributed by atoms with Crippen LogP contribution in [0.4, 0.5) is 5.69 Å². The molecule has 0 aliphatic carbocycles. The molecule has 2 heterocycles. The summed E-state index contributed by atoms with van der Waals surface area (Å²) in [5.74, 6) is 0.601. The Balaban J connectivity index is 1.21. The number of amides is 3. The molecule has 3 aromatic carbocycles. The molecule has 37 heavy (non-hydrogen) atoms. The third-order valence-corrected chi connectivity index (χ3v) is 6.40. The fourth-order valence-corrected chi connectivity index (χ4v) is 4.57. The molecule has 0 bridgehead atoms. The van der Waals surface area contributed by atoms with Crippen LogP contribution in [-0.4, -0.2) is 48.5 Å².